The zero-order valence-electron chi connectivity index (χ0n) is 16.8. The minimum Gasteiger partial charge on any atom is -0.270 e. The highest BCUT2D eigenvalue weighted by Crippen LogP contribution is 2.30. The number of aryl methyl sites for hydroxylation is 3. The number of benzene rings is 2. The van der Waals surface area contributed by atoms with Crippen molar-refractivity contribution in [1.29, 1.82) is 0 Å². The summed E-state index contributed by atoms with van der Waals surface area (Å²) in [6.07, 6.45) is 0.986. The molecule has 29 heavy (non-hydrogen) atoms. The van der Waals surface area contributed by atoms with Gasteiger partial charge in [0.05, 0.1) is 11.4 Å². The van der Waals surface area contributed by atoms with Gasteiger partial charge < -0.3 is 0 Å². The summed E-state index contributed by atoms with van der Waals surface area (Å²) < 4.78 is 3.96. The van der Waals surface area contributed by atoms with Crippen LogP contribution in [0.15, 0.2) is 53.7 Å². The number of thioether (sulfide) groups is 1. The van der Waals surface area contributed by atoms with Crippen LogP contribution in [0, 0.1) is 13.8 Å². The minimum atomic E-state index is 0.630. The quantitative estimate of drug-likeness (QED) is 0.428. The van der Waals surface area contributed by atoms with E-state index in [9.17, 15) is 0 Å². The van der Waals surface area contributed by atoms with Gasteiger partial charge in [-0.2, -0.15) is 0 Å². The summed E-state index contributed by atoms with van der Waals surface area (Å²) in [4.78, 5) is 0. The number of hydrogen-bond acceptors (Lipinski definition) is 6. The molecule has 0 fully saturated rings. The second-order valence-electron chi connectivity index (χ2n) is 6.88. The second kappa shape index (κ2) is 8.57. The van der Waals surface area contributed by atoms with Crippen molar-refractivity contribution >= 4 is 11.8 Å². The molecule has 0 amide bonds. The zero-order chi connectivity index (χ0) is 20.2. The summed E-state index contributed by atoms with van der Waals surface area (Å²) in [6.45, 7) is 7.16. The van der Waals surface area contributed by atoms with E-state index in [1.807, 2.05) is 22.9 Å². The molecular formula is C21H23N7S. The van der Waals surface area contributed by atoms with Crippen molar-refractivity contribution < 1.29 is 0 Å². The highest BCUT2D eigenvalue weighted by molar-refractivity contribution is 7.98. The molecule has 0 atom stereocenters. The van der Waals surface area contributed by atoms with E-state index in [0.717, 1.165) is 41.0 Å². The molecule has 2 heterocycles. The lowest BCUT2D eigenvalue weighted by atomic mass is 10.1. The SMILES string of the molecule is CCCn1nnnc1CSc1nnc(-c2ccccc2)n1-c1ccc(C)c(C)c1. The van der Waals surface area contributed by atoms with Gasteiger partial charge in [-0.1, -0.05) is 55.1 Å². The Morgan fingerprint density at radius 1 is 0.931 bits per heavy atom. The fourth-order valence-corrected chi connectivity index (χ4v) is 3.96. The number of tetrazole rings is 1. The van der Waals surface area contributed by atoms with Crippen LogP contribution in [0.5, 0.6) is 0 Å². The second-order valence-corrected chi connectivity index (χ2v) is 7.83. The van der Waals surface area contributed by atoms with E-state index in [4.69, 9.17) is 0 Å². The standard InChI is InChI=1S/C21H23N7S/c1-4-12-27-19(22-25-26-27)14-29-21-24-23-20(17-8-6-5-7-9-17)28(21)18-11-10-15(2)16(3)13-18/h5-11,13H,4,12,14H2,1-3H3. The van der Waals surface area contributed by atoms with Crippen LogP contribution >= 0.6 is 11.8 Å². The van der Waals surface area contributed by atoms with Crippen molar-refractivity contribution in [2.45, 2.75) is 44.6 Å². The van der Waals surface area contributed by atoms with Crippen LogP contribution in [-0.2, 0) is 12.3 Å². The average molecular weight is 406 g/mol. The van der Waals surface area contributed by atoms with Crippen LogP contribution < -0.4 is 0 Å². The summed E-state index contributed by atoms with van der Waals surface area (Å²) in [5.74, 6) is 2.29. The van der Waals surface area contributed by atoms with Crippen molar-refractivity contribution in [2.24, 2.45) is 0 Å². The molecule has 148 valence electrons. The Morgan fingerprint density at radius 2 is 1.76 bits per heavy atom. The highest BCUT2D eigenvalue weighted by Gasteiger charge is 2.18. The van der Waals surface area contributed by atoms with Gasteiger partial charge in [-0.05, 0) is 54.0 Å². The first-order valence-corrected chi connectivity index (χ1v) is 10.6. The molecule has 2 aromatic heterocycles. The summed E-state index contributed by atoms with van der Waals surface area (Å²) in [5.41, 5.74) is 4.57. The molecule has 0 saturated carbocycles. The summed E-state index contributed by atoms with van der Waals surface area (Å²) in [7, 11) is 0. The van der Waals surface area contributed by atoms with Crippen molar-refractivity contribution in [3.63, 3.8) is 0 Å². The van der Waals surface area contributed by atoms with Crippen LogP contribution in [0.4, 0.5) is 0 Å². The molecule has 0 N–H and O–H groups in total. The van der Waals surface area contributed by atoms with E-state index in [2.05, 4.69) is 81.4 Å². The number of hydrogen-bond donors (Lipinski definition) is 0. The molecule has 0 aliphatic rings. The fourth-order valence-electron chi connectivity index (χ4n) is 3.08. The van der Waals surface area contributed by atoms with E-state index in [1.54, 1.807) is 11.8 Å². The maximum Gasteiger partial charge on any atom is 0.196 e. The summed E-state index contributed by atoms with van der Waals surface area (Å²) in [5, 5.41) is 21.9. The molecule has 0 aliphatic heterocycles. The normalized spacial score (nSPS) is 11.1. The van der Waals surface area contributed by atoms with Gasteiger partial charge in [-0.15, -0.1) is 15.3 Å². The molecule has 8 heteroatoms. The molecule has 4 aromatic rings. The van der Waals surface area contributed by atoms with Crippen molar-refractivity contribution in [3.05, 3.63) is 65.5 Å². The molecule has 0 radical (unpaired) electrons. The first kappa shape index (κ1) is 19.3. The van der Waals surface area contributed by atoms with E-state index in [-0.39, 0.29) is 0 Å². The Labute approximate surface area is 174 Å². The molecule has 4 rings (SSSR count). The van der Waals surface area contributed by atoms with Crippen LogP contribution in [0.25, 0.3) is 17.1 Å². The Bertz CT molecular complexity index is 1100. The van der Waals surface area contributed by atoms with Gasteiger partial charge in [-0.25, -0.2) is 4.68 Å². The first-order chi connectivity index (χ1) is 14.2. The zero-order valence-corrected chi connectivity index (χ0v) is 17.6. The predicted molar refractivity (Wildman–Crippen MR) is 114 cm³/mol. The molecule has 0 saturated heterocycles. The smallest absolute Gasteiger partial charge is 0.196 e. The lowest BCUT2D eigenvalue weighted by Gasteiger charge is -2.12. The maximum atomic E-state index is 4.51. The average Bonchev–Trinajstić information content (AvgIpc) is 3.36. The fraction of sp³-hybridized carbons (Fsp3) is 0.286. The molecule has 0 unspecified atom stereocenters. The van der Waals surface area contributed by atoms with E-state index in [0.29, 0.717) is 5.75 Å². The Kier molecular flexibility index (Phi) is 5.71. The molecule has 7 nitrogen and oxygen atoms in total. The number of rotatable bonds is 7. The van der Waals surface area contributed by atoms with Crippen LogP contribution in [-0.4, -0.2) is 35.0 Å². The lowest BCUT2D eigenvalue weighted by Crippen LogP contribution is -2.05. The topological polar surface area (TPSA) is 74.3 Å². The Morgan fingerprint density at radius 3 is 2.52 bits per heavy atom. The molecule has 0 spiro atoms. The van der Waals surface area contributed by atoms with Crippen LogP contribution in [0.1, 0.15) is 30.3 Å². The van der Waals surface area contributed by atoms with Crippen molar-refractivity contribution in [2.75, 3.05) is 0 Å². The monoisotopic (exact) mass is 405 g/mol. The molecule has 0 aliphatic carbocycles. The van der Waals surface area contributed by atoms with Crippen LogP contribution in [0.3, 0.4) is 0 Å². The third-order valence-corrected chi connectivity index (χ3v) is 5.71. The van der Waals surface area contributed by atoms with Crippen molar-refractivity contribution in [3.8, 4) is 17.1 Å². The van der Waals surface area contributed by atoms with Gasteiger partial charge in [0.25, 0.3) is 0 Å². The van der Waals surface area contributed by atoms with Gasteiger partial charge >= 0.3 is 0 Å². The molecular weight excluding hydrogens is 382 g/mol. The predicted octanol–water partition coefficient (Wildman–Crippen LogP) is 4.24. The van der Waals surface area contributed by atoms with Gasteiger partial charge in [0.15, 0.2) is 16.8 Å². The summed E-state index contributed by atoms with van der Waals surface area (Å²) in [6, 6.07) is 16.6. The minimum absolute atomic E-state index is 0.630. The van der Waals surface area contributed by atoms with Gasteiger partial charge in [0, 0.05) is 12.1 Å². The first-order valence-electron chi connectivity index (χ1n) is 9.63. The number of aromatic nitrogens is 7. The van der Waals surface area contributed by atoms with Gasteiger partial charge in [0.1, 0.15) is 0 Å². The Balaban J connectivity index is 1.73. The van der Waals surface area contributed by atoms with Crippen LogP contribution in [0.2, 0.25) is 0 Å². The highest BCUT2D eigenvalue weighted by atomic mass is 32.2. The van der Waals surface area contributed by atoms with E-state index < -0.39 is 0 Å². The van der Waals surface area contributed by atoms with Gasteiger partial charge in [0.2, 0.25) is 0 Å². The third kappa shape index (κ3) is 4.07. The lowest BCUT2D eigenvalue weighted by molar-refractivity contribution is 0.564. The largest absolute Gasteiger partial charge is 0.270 e. The van der Waals surface area contributed by atoms with E-state index >= 15 is 0 Å². The molecule has 2 aromatic carbocycles. The maximum absolute atomic E-state index is 4.51. The van der Waals surface area contributed by atoms with Gasteiger partial charge in [-0.3, -0.25) is 4.57 Å². The van der Waals surface area contributed by atoms with E-state index in [1.165, 1.54) is 11.1 Å². The molecule has 0 bridgehead atoms. The third-order valence-electron chi connectivity index (χ3n) is 4.79. The number of nitrogens with zero attached hydrogens (tertiary/aromatic N) is 7. The van der Waals surface area contributed by atoms with Crippen molar-refractivity contribution in [1.82, 2.24) is 35.0 Å². The summed E-state index contributed by atoms with van der Waals surface area (Å²) >= 11 is 1.59. The Hall–Kier alpha value is -3.00.